The zero-order valence-electron chi connectivity index (χ0n) is 12.7. The molecule has 2 amide bonds. The molecule has 20 heavy (non-hydrogen) atoms. The minimum atomic E-state index is -0.368. The van der Waals surface area contributed by atoms with Gasteiger partial charge in [0.15, 0.2) is 0 Å². The first-order valence-corrected chi connectivity index (χ1v) is 6.91. The summed E-state index contributed by atoms with van der Waals surface area (Å²) in [6, 6.07) is 5.53. The van der Waals surface area contributed by atoms with Crippen LogP contribution < -0.4 is 10.6 Å². The van der Waals surface area contributed by atoms with Crippen LogP contribution in [-0.4, -0.2) is 37.1 Å². The van der Waals surface area contributed by atoms with Crippen molar-refractivity contribution in [2.75, 3.05) is 26.0 Å². The van der Waals surface area contributed by atoms with Crippen molar-refractivity contribution in [3.63, 3.8) is 0 Å². The van der Waals surface area contributed by atoms with E-state index in [0.717, 1.165) is 12.8 Å². The van der Waals surface area contributed by atoms with Gasteiger partial charge >= 0.3 is 6.03 Å². The highest BCUT2D eigenvalue weighted by molar-refractivity contribution is 5.89. The van der Waals surface area contributed by atoms with E-state index in [4.69, 9.17) is 0 Å². The second-order valence-corrected chi connectivity index (χ2v) is 5.14. The topological polar surface area (TPSA) is 44.4 Å². The highest BCUT2D eigenvalue weighted by atomic mass is 19.1. The van der Waals surface area contributed by atoms with Crippen LogP contribution in [0.2, 0.25) is 0 Å². The van der Waals surface area contributed by atoms with Crippen LogP contribution in [0, 0.1) is 5.82 Å². The van der Waals surface area contributed by atoms with Gasteiger partial charge < -0.3 is 15.5 Å². The number of rotatable bonds is 6. The van der Waals surface area contributed by atoms with Gasteiger partial charge in [-0.15, -0.1) is 0 Å². The lowest BCUT2D eigenvalue weighted by molar-refractivity contribution is 0.138. The molecule has 0 radical (unpaired) electrons. The molecule has 0 unspecified atom stereocenters. The zero-order valence-corrected chi connectivity index (χ0v) is 12.7. The number of urea groups is 1. The Bertz CT molecular complexity index is 444. The number of hydrogen-bond acceptors (Lipinski definition) is 2. The highest BCUT2D eigenvalue weighted by Crippen LogP contribution is 2.20. The van der Waals surface area contributed by atoms with Crippen molar-refractivity contribution in [2.24, 2.45) is 0 Å². The first-order chi connectivity index (χ1) is 9.43. The number of hydrogen-bond donors (Lipinski definition) is 2. The summed E-state index contributed by atoms with van der Waals surface area (Å²) < 4.78 is 13.0. The Balaban J connectivity index is 2.58. The Hall–Kier alpha value is -1.62. The average Bonchev–Trinajstić information content (AvgIpc) is 2.40. The summed E-state index contributed by atoms with van der Waals surface area (Å²) >= 11 is 0. The molecular formula is C15H24FN3O. The van der Waals surface area contributed by atoms with Gasteiger partial charge in [0.25, 0.3) is 0 Å². The van der Waals surface area contributed by atoms with E-state index in [0.29, 0.717) is 12.2 Å². The summed E-state index contributed by atoms with van der Waals surface area (Å²) in [5.41, 5.74) is 0.394. The lowest BCUT2D eigenvalue weighted by Gasteiger charge is -2.38. The van der Waals surface area contributed by atoms with Gasteiger partial charge in [-0.05, 0) is 45.1 Å². The molecule has 112 valence electrons. The highest BCUT2D eigenvalue weighted by Gasteiger charge is 2.28. The number of nitrogens with one attached hydrogen (secondary N) is 2. The van der Waals surface area contributed by atoms with Gasteiger partial charge in [-0.25, -0.2) is 9.18 Å². The predicted octanol–water partition coefficient (Wildman–Crippen LogP) is 3.07. The summed E-state index contributed by atoms with van der Waals surface area (Å²) in [6.45, 7) is 4.76. The normalized spacial score (nSPS) is 11.5. The van der Waals surface area contributed by atoms with Gasteiger partial charge in [-0.3, -0.25) is 0 Å². The molecule has 0 bridgehead atoms. The van der Waals surface area contributed by atoms with Crippen molar-refractivity contribution in [1.82, 2.24) is 10.2 Å². The Morgan fingerprint density at radius 1 is 1.30 bits per heavy atom. The number of nitrogens with zero attached hydrogens (tertiary/aromatic N) is 1. The standard InChI is InChI=1S/C15H24FN3O/c1-5-15(6-2,19(3)4)11-17-14(20)18-13-9-7-8-12(16)10-13/h7-10H,5-6,11H2,1-4H3,(H2,17,18,20). The van der Waals surface area contributed by atoms with Crippen molar-refractivity contribution in [3.8, 4) is 0 Å². The molecule has 0 aliphatic rings. The van der Waals surface area contributed by atoms with Crippen LogP contribution in [0.4, 0.5) is 14.9 Å². The summed E-state index contributed by atoms with van der Waals surface area (Å²) in [4.78, 5) is 14.0. The molecule has 5 heteroatoms. The number of anilines is 1. The minimum absolute atomic E-state index is 0.0563. The van der Waals surface area contributed by atoms with Gasteiger partial charge in [0.05, 0.1) is 0 Å². The Morgan fingerprint density at radius 2 is 1.95 bits per heavy atom. The summed E-state index contributed by atoms with van der Waals surface area (Å²) in [5.74, 6) is -0.368. The van der Waals surface area contributed by atoms with E-state index in [1.807, 2.05) is 14.1 Å². The smallest absolute Gasteiger partial charge is 0.319 e. The van der Waals surface area contributed by atoms with Gasteiger partial charge in [0, 0.05) is 17.8 Å². The van der Waals surface area contributed by atoms with Crippen LogP contribution in [0.25, 0.3) is 0 Å². The van der Waals surface area contributed by atoms with Gasteiger partial charge in [0.2, 0.25) is 0 Å². The van der Waals surface area contributed by atoms with Crippen LogP contribution in [0.15, 0.2) is 24.3 Å². The van der Waals surface area contributed by atoms with Crippen molar-refractivity contribution in [1.29, 1.82) is 0 Å². The molecule has 4 nitrogen and oxygen atoms in total. The van der Waals surface area contributed by atoms with E-state index in [9.17, 15) is 9.18 Å². The average molecular weight is 281 g/mol. The van der Waals surface area contributed by atoms with Gasteiger partial charge in [-0.2, -0.15) is 0 Å². The maximum Gasteiger partial charge on any atom is 0.319 e. The molecule has 0 fully saturated rings. The number of halogens is 1. The Morgan fingerprint density at radius 3 is 2.45 bits per heavy atom. The van der Waals surface area contributed by atoms with Crippen LogP contribution in [0.1, 0.15) is 26.7 Å². The lowest BCUT2D eigenvalue weighted by Crippen LogP contribution is -2.52. The van der Waals surface area contributed by atoms with Crippen LogP contribution >= 0.6 is 0 Å². The fourth-order valence-electron chi connectivity index (χ4n) is 2.28. The first-order valence-electron chi connectivity index (χ1n) is 6.91. The number of carbonyl (C=O) groups is 1. The summed E-state index contributed by atoms with van der Waals surface area (Å²) in [7, 11) is 4.03. The van der Waals surface area contributed by atoms with Crippen molar-refractivity contribution < 1.29 is 9.18 Å². The Kier molecular flexibility index (Phi) is 5.95. The van der Waals surface area contributed by atoms with Gasteiger partial charge in [0.1, 0.15) is 5.82 Å². The SMILES string of the molecule is CCC(CC)(CNC(=O)Nc1cccc(F)c1)N(C)C. The van der Waals surface area contributed by atoms with Crippen LogP contribution in [0.5, 0.6) is 0 Å². The fourth-order valence-corrected chi connectivity index (χ4v) is 2.28. The third-order valence-electron chi connectivity index (χ3n) is 3.93. The number of carbonyl (C=O) groups excluding carboxylic acids is 1. The van der Waals surface area contributed by atoms with E-state index < -0.39 is 0 Å². The molecule has 0 aliphatic heterocycles. The maximum absolute atomic E-state index is 13.0. The lowest BCUT2D eigenvalue weighted by atomic mass is 9.91. The fraction of sp³-hybridized carbons (Fsp3) is 0.533. The minimum Gasteiger partial charge on any atom is -0.336 e. The van der Waals surface area contributed by atoms with Crippen LogP contribution in [0.3, 0.4) is 0 Å². The summed E-state index contributed by atoms with van der Waals surface area (Å²) in [5, 5.41) is 5.49. The number of amides is 2. The predicted molar refractivity (Wildman–Crippen MR) is 80.4 cm³/mol. The molecule has 0 atom stereocenters. The molecule has 2 N–H and O–H groups in total. The molecule has 0 saturated carbocycles. The van der Waals surface area contributed by atoms with Crippen LogP contribution in [-0.2, 0) is 0 Å². The monoisotopic (exact) mass is 281 g/mol. The van der Waals surface area contributed by atoms with Gasteiger partial charge in [-0.1, -0.05) is 19.9 Å². The molecular weight excluding hydrogens is 257 g/mol. The molecule has 1 aromatic carbocycles. The maximum atomic E-state index is 13.0. The van der Waals surface area contributed by atoms with E-state index in [2.05, 4.69) is 29.4 Å². The number of benzene rings is 1. The van der Waals surface area contributed by atoms with E-state index in [1.54, 1.807) is 12.1 Å². The molecule has 0 heterocycles. The van der Waals surface area contributed by atoms with Crippen molar-refractivity contribution >= 4 is 11.7 Å². The molecule has 0 aromatic heterocycles. The molecule has 0 spiro atoms. The first kappa shape index (κ1) is 16.4. The quantitative estimate of drug-likeness (QED) is 0.841. The third kappa shape index (κ3) is 4.20. The molecule has 1 aromatic rings. The zero-order chi connectivity index (χ0) is 15.2. The third-order valence-corrected chi connectivity index (χ3v) is 3.93. The second kappa shape index (κ2) is 7.24. The second-order valence-electron chi connectivity index (χ2n) is 5.14. The van der Waals surface area contributed by atoms with E-state index in [1.165, 1.54) is 12.1 Å². The summed E-state index contributed by atoms with van der Waals surface area (Å²) in [6.07, 6.45) is 1.88. The molecule has 0 saturated heterocycles. The largest absolute Gasteiger partial charge is 0.336 e. The van der Waals surface area contributed by atoms with Crippen molar-refractivity contribution in [3.05, 3.63) is 30.1 Å². The van der Waals surface area contributed by atoms with E-state index in [-0.39, 0.29) is 17.4 Å². The van der Waals surface area contributed by atoms with Crippen molar-refractivity contribution in [2.45, 2.75) is 32.2 Å². The molecule has 0 aliphatic carbocycles. The van der Waals surface area contributed by atoms with E-state index >= 15 is 0 Å². The Labute approximate surface area is 120 Å². The number of likely N-dealkylation sites (N-methyl/N-ethyl adjacent to an activating group) is 1. The molecule has 1 rings (SSSR count).